The van der Waals surface area contributed by atoms with Crippen molar-refractivity contribution in [2.24, 2.45) is 0 Å². The van der Waals surface area contributed by atoms with Gasteiger partial charge in [0.25, 0.3) is 0 Å². The average molecular weight is 434 g/mol. The van der Waals surface area contributed by atoms with Gasteiger partial charge in [0, 0.05) is 33.1 Å². The first kappa shape index (κ1) is 17.9. The van der Waals surface area contributed by atoms with Crippen LogP contribution in [0.3, 0.4) is 0 Å². The first-order valence-corrected chi connectivity index (χ1v) is 9.51. The van der Waals surface area contributed by atoms with Crippen molar-refractivity contribution in [2.45, 2.75) is 6.42 Å². The number of nitrogens with one attached hydrogen (secondary N) is 1. The largest absolute Gasteiger partial charge is 0.298 e. The highest BCUT2D eigenvalue weighted by Crippen LogP contribution is 2.22. The molecule has 1 N–H and O–H groups in total. The summed E-state index contributed by atoms with van der Waals surface area (Å²) in [5.74, 6) is -0.218. The second kappa shape index (κ2) is 8.43. The van der Waals surface area contributed by atoms with E-state index >= 15 is 0 Å². The lowest BCUT2D eigenvalue weighted by atomic mass is 10.1. The molecule has 0 radical (unpaired) electrons. The Kier molecular flexibility index (Phi) is 6.02. The normalized spacial score (nSPS) is 11.0. The zero-order valence-corrected chi connectivity index (χ0v) is 16.2. The summed E-state index contributed by atoms with van der Waals surface area (Å²) in [5.41, 5.74) is 2.07. The standard InChI is InChI=1S/C19H14BrClN2OS/c20-15-7-4-14(5-8-15)11-17-12-22-19(25-17)23-18(24)9-6-13-2-1-3-16(21)10-13/h1-10,12H,11H2,(H,22,23,24)/b9-6+. The molecule has 25 heavy (non-hydrogen) atoms. The third-order valence-electron chi connectivity index (χ3n) is 3.35. The zero-order valence-electron chi connectivity index (χ0n) is 13.1. The molecule has 126 valence electrons. The van der Waals surface area contributed by atoms with Crippen LogP contribution in [0, 0.1) is 0 Å². The minimum absolute atomic E-state index is 0.218. The first-order chi connectivity index (χ1) is 12.1. The maximum absolute atomic E-state index is 12.0. The van der Waals surface area contributed by atoms with Crippen molar-refractivity contribution in [1.82, 2.24) is 4.98 Å². The third kappa shape index (κ3) is 5.53. The second-order valence-corrected chi connectivity index (χ2v) is 7.78. The molecule has 0 saturated carbocycles. The van der Waals surface area contributed by atoms with E-state index in [2.05, 4.69) is 38.4 Å². The van der Waals surface area contributed by atoms with Crippen molar-refractivity contribution in [2.75, 3.05) is 5.32 Å². The third-order valence-corrected chi connectivity index (χ3v) is 5.03. The topological polar surface area (TPSA) is 42.0 Å². The lowest BCUT2D eigenvalue weighted by Gasteiger charge is -1.98. The van der Waals surface area contributed by atoms with Crippen molar-refractivity contribution in [1.29, 1.82) is 0 Å². The predicted octanol–water partition coefficient (Wildman–Crippen LogP) is 5.80. The Hall–Kier alpha value is -1.95. The molecule has 3 nitrogen and oxygen atoms in total. The first-order valence-electron chi connectivity index (χ1n) is 7.52. The lowest BCUT2D eigenvalue weighted by molar-refractivity contribution is -0.111. The molecule has 0 unspecified atom stereocenters. The quantitative estimate of drug-likeness (QED) is 0.517. The van der Waals surface area contributed by atoms with Gasteiger partial charge in [0.1, 0.15) is 0 Å². The Morgan fingerprint density at radius 1 is 1.24 bits per heavy atom. The summed E-state index contributed by atoms with van der Waals surface area (Å²) in [6, 6.07) is 15.5. The number of benzene rings is 2. The van der Waals surface area contributed by atoms with Crippen molar-refractivity contribution < 1.29 is 4.79 Å². The van der Waals surface area contributed by atoms with Crippen molar-refractivity contribution in [3.8, 4) is 0 Å². The molecule has 6 heteroatoms. The molecule has 3 aromatic rings. The monoisotopic (exact) mass is 432 g/mol. The Balaban J connectivity index is 1.59. The fraction of sp³-hybridized carbons (Fsp3) is 0.0526. The molecule has 2 aromatic carbocycles. The number of aromatic nitrogens is 1. The van der Waals surface area contributed by atoms with E-state index in [1.165, 1.54) is 23.0 Å². The van der Waals surface area contributed by atoms with Gasteiger partial charge in [-0.1, -0.05) is 51.8 Å². The Morgan fingerprint density at radius 2 is 2.04 bits per heavy atom. The summed E-state index contributed by atoms with van der Waals surface area (Å²) < 4.78 is 1.06. The summed E-state index contributed by atoms with van der Waals surface area (Å²) in [6.07, 6.45) is 5.78. The summed E-state index contributed by atoms with van der Waals surface area (Å²) in [5, 5.41) is 4.01. The molecule has 0 spiro atoms. The van der Waals surface area contributed by atoms with Gasteiger partial charge in [-0.25, -0.2) is 4.98 Å². The number of carbonyl (C=O) groups excluding carboxylic acids is 1. The molecular weight excluding hydrogens is 420 g/mol. The molecule has 1 aromatic heterocycles. The molecule has 3 rings (SSSR count). The van der Waals surface area contributed by atoms with Crippen LogP contribution in [0.2, 0.25) is 5.02 Å². The number of hydrogen-bond donors (Lipinski definition) is 1. The molecule has 1 heterocycles. The number of thiazole rings is 1. The van der Waals surface area contributed by atoms with E-state index in [0.717, 1.165) is 21.3 Å². The number of nitrogens with zero attached hydrogens (tertiary/aromatic N) is 1. The summed E-state index contributed by atoms with van der Waals surface area (Å²) in [4.78, 5) is 17.4. The zero-order chi connectivity index (χ0) is 17.6. The van der Waals surface area contributed by atoms with Crippen molar-refractivity contribution in [3.63, 3.8) is 0 Å². The van der Waals surface area contributed by atoms with Gasteiger partial charge in [-0.2, -0.15) is 0 Å². The number of amides is 1. The summed E-state index contributed by atoms with van der Waals surface area (Å²) in [6.45, 7) is 0. The molecule has 0 fully saturated rings. The fourth-order valence-corrected chi connectivity index (χ4v) is 3.49. The fourth-order valence-electron chi connectivity index (χ4n) is 2.18. The smallest absolute Gasteiger partial charge is 0.250 e. The van der Waals surface area contributed by atoms with E-state index in [9.17, 15) is 4.79 Å². The van der Waals surface area contributed by atoms with Gasteiger partial charge in [0.15, 0.2) is 5.13 Å². The number of anilines is 1. The van der Waals surface area contributed by atoms with E-state index in [0.29, 0.717) is 10.2 Å². The van der Waals surface area contributed by atoms with Crippen LogP contribution in [0.5, 0.6) is 0 Å². The number of halogens is 2. The number of carbonyl (C=O) groups is 1. The molecule has 0 saturated heterocycles. The van der Waals surface area contributed by atoms with Gasteiger partial charge in [0.05, 0.1) is 0 Å². The number of hydrogen-bond acceptors (Lipinski definition) is 3. The minimum atomic E-state index is -0.218. The van der Waals surface area contributed by atoms with Gasteiger partial charge in [-0.05, 0) is 41.5 Å². The average Bonchev–Trinajstić information content (AvgIpc) is 3.02. The van der Waals surface area contributed by atoms with Crippen LogP contribution >= 0.6 is 38.9 Å². The van der Waals surface area contributed by atoms with Crippen molar-refractivity contribution in [3.05, 3.63) is 86.3 Å². The van der Waals surface area contributed by atoms with E-state index in [1.54, 1.807) is 24.4 Å². The molecule has 1 amide bonds. The van der Waals surface area contributed by atoms with Crippen LogP contribution in [0.1, 0.15) is 16.0 Å². The maximum Gasteiger partial charge on any atom is 0.250 e. The summed E-state index contributed by atoms with van der Waals surface area (Å²) >= 11 is 10.8. The van der Waals surface area contributed by atoms with Crippen LogP contribution in [-0.4, -0.2) is 10.9 Å². The van der Waals surface area contributed by atoms with Crippen LogP contribution in [-0.2, 0) is 11.2 Å². The molecule has 0 atom stereocenters. The molecule has 0 bridgehead atoms. The predicted molar refractivity (Wildman–Crippen MR) is 108 cm³/mol. The van der Waals surface area contributed by atoms with E-state index in [1.807, 2.05) is 24.3 Å². The van der Waals surface area contributed by atoms with E-state index in [4.69, 9.17) is 11.6 Å². The van der Waals surface area contributed by atoms with Gasteiger partial charge >= 0.3 is 0 Å². The van der Waals surface area contributed by atoms with Gasteiger partial charge in [0.2, 0.25) is 5.91 Å². The Labute approximate surface area is 163 Å². The Morgan fingerprint density at radius 3 is 2.80 bits per heavy atom. The highest BCUT2D eigenvalue weighted by atomic mass is 79.9. The van der Waals surface area contributed by atoms with Crippen LogP contribution in [0.15, 0.2) is 65.3 Å². The van der Waals surface area contributed by atoms with E-state index < -0.39 is 0 Å². The maximum atomic E-state index is 12.0. The Bertz CT molecular complexity index is 906. The minimum Gasteiger partial charge on any atom is -0.298 e. The highest BCUT2D eigenvalue weighted by molar-refractivity contribution is 9.10. The molecule has 0 aliphatic rings. The highest BCUT2D eigenvalue weighted by Gasteiger charge is 2.05. The van der Waals surface area contributed by atoms with E-state index in [-0.39, 0.29) is 5.91 Å². The van der Waals surface area contributed by atoms with Gasteiger partial charge in [-0.3, -0.25) is 10.1 Å². The second-order valence-electron chi connectivity index (χ2n) is 5.31. The summed E-state index contributed by atoms with van der Waals surface area (Å²) in [7, 11) is 0. The SMILES string of the molecule is O=C(/C=C/c1cccc(Cl)c1)Nc1ncc(Cc2ccc(Br)cc2)s1. The van der Waals surface area contributed by atoms with Crippen LogP contribution < -0.4 is 5.32 Å². The molecule has 0 aliphatic carbocycles. The molecular formula is C19H14BrClN2OS. The number of rotatable bonds is 5. The van der Waals surface area contributed by atoms with Crippen LogP contribution in [0.25, 0.3) is 6.08 Å². The van der Waals surface area contributed by atoms with Gasteiger partial charge < -0.3 is 0 Å². The van der Waals surface area contributed by atoms with Gasteiger partial charge in [-0.15, -0.1) is 11.3 Å². The van der Waals surface area contributed by atoms with Crippen LogP contribution in [0.4, 0.5) is 5.13 Å². The lowest BCUT2D eigenvalue weighted by Crippen LogP contribution is -2.07. The molecule has 0 aliphatic heterocycles. The van der Waals surface area contributed by atoms with Crippen molar-refractivity contribution >= 4 is 56.0 Å².